The zero-order chi connectivity index (χ0) is 14.8. The second kappa shape index (κ2) is 5.40. The summed E-state index contributed by atoms with van der Waals surface area (Å²) in [5, 5.41) is 11.9. The van der Waals surface area contributed by atoms with Crippen molar-refractivity contribution in [2.45, 2.75) is 19.3 Å². The van der Waals surface area contributed by atoms with Crippen molar-refractivity contribution in [1.82, 2.24) is 4.98 Å². The lowest BCUT2D eigenvalue weighted by Gasteiger charge is -2.11. The third kappa shape index (κ3) is 2.65. The number of amidine groups is 1. The maximum absolute atomic E-state index is 12.9. The molecule has 0 radical (unpaired) electrons. The average molecular weight is 287 g/mol. The molecule has 0 amide bonds. The van der Waals surface area contributed by atoms with E-state index in [1.165, 1.54) is 24.3 Å². The number of ether oxygens (including phenoxy) is 1. The Balaban J connectivity index is 2.01. The zero-order valence-electron chi connectivity index (χ0n) is 11.2. The van der Waals surface area contributed by atoms with Gasteiger partial charge in [-0.05, 0) is 55.2 Å². The fourth-order valence-electron chi connectivity index (χ4n) is 2.38. The lowest BCUT2D eigenvalue weighted by Crippen LogP contribution is -2.16. The third-order valence-electron chi connectivity index (χ3n) is 3.43. The smallest absolute Gasteiger partial charge is 0.230 e. The summed E-state index contributed by atoms with van der Waals surface area (Å²) in [6.07, 6.45) is 2.83. The molecular formula is C15H14FN3O2. The number of fused-ring (bicyclic) bond motifs is 1. The highest BCUT2D eigenvalue weighted by Gasteiger charge is 2.19. The molecule has 21 heavy (non-hydrogen) atoms. The van der Waals surface area contributed by atoms with E-state index in [2.05, 4.69) is 10.1 Å². The average Bonchev–Trinajstić information content (AvgIpc) is 2.95. The van der Waals surface area contributed by atoms with Gasteiger partial charge in [-0.3, -0.25) is 0 Å². The van der Waals surface area contributed by atoms with Gasteiger partial charge >= 0.3 is 0 Å². The van der Waals surface area contributed by atoms with Gasteiger partial charge in [0.15, 0.2) is 5.84 Å². The van der Waals surface area contributed by atoms with E-state index < -0.39 is 0 Å². The van der Waals surface area contributed by atoms with Gasteiger partial charge in [0.1, 0.15) is 11.6 Å². The molecule has 0 saturated heterocycles. The van der Waals surface area contributed by atoms with E-state index in [0.29, 0.717) is 11.3 Å². The van der Waals surface area contributed by atoms with Gasteiger partial charge in [-0.15, -0.1) is 0 Å². The number of oxime groups is 1. The minimum Gasteiger partial charge on any atom is -0.438 e. The summed E-state index contributed by atoms with van der Waals surface area (Å²) in [4.78, 5) is 4.45. The van der Waals surface area contributed by atoms with Crippen molar-refractivity contribution in [2.24, 2.45) is 10.9 Å². The van der Waals surface area contributed by atoms with Crippen LogP contribution in [0.3, 0.4) is 0 Å². The van der Waals surface area contributed by atoms with Gasteiger partial charge in [0.25, 0.3) is 0 Å². The minimum absolute atomic E-state index is 0.0608. The first-order valence-electron chi connectivity index (χ1n) is 6.61. The molecule has 0 aliphatic heterocycles. The fraction of sp³-hybridized carbons (Fsp3) is 0.200. The lowest BCUT2D eigenvalue weighted by atomic mass is 10.1. The van der Waals surface area contributed by atoms with Crippen LogP contribution in [0.15, 0.2) is 35.5 Å². The van der Waals surface area contributed by atoms with Crippen LogP contribution in [0.1, 0.15) is 23.2 Å². The number of halogens is 1. The molecule has 1 aliphatic carbocycles. The second-order valence-electron chi connectivity index (χ2n) is 4.84. The van der Waals surface area contributed by atoms with Crippen molar-refractivity contribution in [3.8, 4) is 11.6 Å². The van der Waals surface area contributed by atoms with E-state index in [0.717, 1.165) is 30.5 Å². The van der Waals surface area contributed by atoms with Crippen LogP contribution in [0, 0.1) is 5.82 Å². The number of hydrogen-bond donors (Lipinski definition) is 2. The Morgan fingerprint density at radius 3 is 2.76 bits per heavy atom. The van der Waals surface area contributed by atoms with Gasteiger partial charge in [-0.2, -0.15) is 0 Å². The number of hydrogen-bond acceptors (Lipinski definition) is 4. The summed E-state index contributed by atoms with van der Waals surface area (Å²) in [5.74, 6) is 0.293. The molecule has 1 aliphatic rings. The Bertz CT molecular complexity index is 699. The number of aryl methyl sites for hydroxylation is 2. The predicted molar refractivity (Wildman–Crippen MR) is 75.2 cm³/mol. The number of rotatable bonds is 3. The van der Waals surface area contributed by atoms with Crippen LogP contribution in [0.4, 0.5) is 4.39 Å². The predicted octanol–water partition coefficient (Wildman–Crippen LogP) is 2.60. The molecule has 3 N–H and O–H groups in total. The number of pyridine rings is 1. The molecule has 1 aromatic heterocycles. The molecule has 5 nitrogen and oxygen atoms in total. The van der Waals surface area contributed by atoms with E-state index in [1.54, 1.807) is 0 Å². The minimum atomic E-state index is -0.346. The Kier molecular flexibility index (Phi) is 3.43. The van der Waals surface area contributed by atoms with Crippen molar-refractivity contribution in [3.63, 3.8) is 0 Å². The van der Waals surface area contributed by atoms with Crippen LogP contribution >= 0.6 is 0 Å². The van der Waals surface area contributed by atoms with E-state index >= 15 is 0 Å². The van der Waals surface area contributed by atoms with Gasteiger partial charge in [-0.1, -0.05) is 5.16 Å². The number of nitrogens with zero attached hydrogens (tertiary/aromatic N) is 2. The van der Waals surface area contributed by atoms with Gasteiger partial charge in [-0.25, -0.2) is 9.37 Å². The van der Waals surface area contributed by atoms with Crippen LogP contribution in [-0.4, -0.2) is 16.0 Å². The topological polar surface area (TPSA) is 80.7 Å². The molecule has 2 aromatic rings. The largest absolute Gasteiger partial charge is 0.438 e. The molecule has 108 valence electrons. The summed E-state index contributed by atoms with van der Waals surface area (Å²) >= 11 is 0. The van der Waals surface area contributed by atoms with Crippen LogP contribution in [0.5, 0.6) is 11.6 Å². The molecule has 0 bridgehead atoms. The number of aromatic nitrogens is 1. The van der Waals surface area contributed by atoms with Crippen LogP contribution in [0.2, 0.25) is 0 Å². The summed E-state index contributed by atoms with van der Waals surface area (Å²) in [6, 6.07) is 7.43. The monoisotopic (exact) mass is 287 g/mol. The maximum atomic E-state index is 12.9. The summed E-state index contributed by atoms with van der Waals surface area (Å²) in [7, 11) is 0. The first kappa shape index (κ1) is 13.4. The second-order valence-corrected chi connectivity index (χ2v) is 4.84. The maximum Gasteiger partial charge on any atom is 0.230 e. The van der Waals surface area contributed by atoms with Gasteiger partial charge in [0, 0.05) is 5.69 Å². The Morgan fingerprint density at radius 1 is 1.29 bits per heavy atom. The molecule has 0 atom stereocenters. The molecule has 0 unspecified atom stereocenters. The highest BCUT2D eigenvalue weighted by Crippen LogP contribution is 2.29. The van der Waals surface area contributed by atoms with Crippen LogP contribution < -0.4 is 10.5 Å². The van der Waals surface area contributed by atoms with Crippen LogP contribution in [-0.2, 0) is 12.8 Å². The quantitative estimate of drug-likeness (QED) is 0.393. The molecule has 0 saturated carbocycles. The molecule has 6 heteroatoms. The Labute approximate surface area is 120 Å². The molecule has 0 spiro atoms. The third-order valence-corrected chi connectivity index (χ3v) is 3.43. The van der Waals surface area contributed by atoms with Crippen molar-refractivity contribution < 1.29 is 14.3 Å². The molecular weight excluding hydrogens is 273 g/mol. The molecule has 0 fully saturated rings. The van der Waals surface area contributed by atoms with Crippen LogP contribution in [0.25, 0.3) is 0 Å². The van der Waals surface area contributed by atoms with Gasteiger partial charge in [0.05, 0.1) is 5.56 Å². The van der Waals surface area contributed by atoms with Crippen molar-refractivity contribution in [3.05, 3.63) is 53.0 Å². The summed E-state index contributed by atoms with van der Waals surface area (Å²) in [6.45, 7) is 0. The summed E-state index contributed by atoms with van der Waals surface area (Å²) in [5.41, 5.74) is 8.17. The molecule has 3 rings (SSSR count). The lowest BCUT2D eigenvalue weighted by molar-refractivity contribution is 0.318. The van der Waals surface area contributed by atoms with Crippen molar-refractivity contribution in [2.75, 3.05) is 0 Å². The molecule has 1 aromatic carbocycles. The summed E-state index contributed by atoms with van der Waals surface area (Å²) < 4.78 is 18.6. The molecule has 1 heterocycles. The highest BCUT2D eigenvalue weighted by atomic mass is 19.1. The fourth-order valence-corrected chi connectivity index (χ4v) is 2.38. The van der Waals surface area contributed by atoms with E-state index in [9.17, 15) is 4.39 Å². The standard InChI is InChI=1S/C15H14FN3O2/c16-10-4-6-11(7-5-10)21-15-12(14(17)19-20)8-9-2-1-3-13(9)18-15/h4-8,20H,1-3H2,(H2,17,19). The van der Waals surface area contributed by atoms with Gasteiger partial charge in [0.2, 0.25) is 5.88 Å². The Morgan fingerprint density at radius 2 is 2.05 bits per heavy atom. The first-order chi connectivity index (χ1) is 10.2. The van der Waals surface area contributed by atoms with E-state index in [-0.39, 0.29) is 17.5 Å². The normalized spacial score (nSPS) is 14.0. The number of benzene rings is 1. The highest BCUT2D eigenvalue weighted by molar-refractivity contribution is 5.99. The van der Waals surface area contributed by atoms with E-state index in [4.69, 9.17) is 15.7 Å². The van der Waals surface area contributed by atoms with Crippen molar-refractivity contribution in [1.29, 1.82) is 0 Å². The van der Waals surface area contributed by atoms with Crippen molar-refractivity contribution >= 4 is 5.84 Å². The first-order valence-corrected chi connectivity index (χ1v) is 6.61. The van der Waals surface area contributed by atoms with Gasteiger partial charge < -0.3 is 15.7 Å². The van der Waals surface area contributed by atoms with E-state index in [1.807, 2.05) is 6.07 Å². The number of nitrogens with two attached hydrogens (primary N) is 1. The zero-order valence-corrected chi connectivity index (χ0v) is 11.2. The SMILES string of the molecule is NC(=NO)c1cc2c(nc1Oc1ccc(F)cc1)CCC2. The Hall–Kier alpha value is -2.63.